The SMILES string of the molecule is CC[C@@H](C(=O)NC1CCCCC1)N(Cc1c(Cl)cccc1Cl)C(=O)CN(c1ccccc1)S(=O)(=O)c1ccccc1. The molecule has 1 fully saturated rings. The van der Waals surface area contributed by atoms with Gasteiger partial charge in [-0.25, -0.2) is 8.42 Å². The second kappa shape index (κ2) is 14.2. The summed E-state index contributed by atoms with van der Waals surface area (Å²) >= 11 is 13.0. The maximum atomic E-state index is 14.2. The van der Waals surface area contributed by atoms with E-state index >= 15 is 0 Å². The second-order valence-corrected chi connectivity index (χ2v) is 12.8. The second-order valence-electron chi connectivity index (χ2n) is 10.1. The first-order chi connectivity index (χ1) is 19.7. The zero-order valence-corrected chi connectivity index (χ0v) is 25.3. The quantitative estimate of drug-likeness (QED) is 0.269. The van der Waals surface area contributed by atoms with Gasteiger partial charge in [0.1, 0.15) is 12.6 Å². The monoisotopic (exact) mass is 615 g/mol. The smallest absolute Gasteiger partial charge is 0.264 e. The summed E-state index contributed by atoms with van der Waals surface area (Å²) in [6.45, 7) is 1.26. The Balaban J connectivity index is 1.71. The maximum absolute atomic E-state index is 14.2. The molecule has 0 aliphatic heterocycles. The molecule has 0 unspecified atom stereocenters. The molecule has 1 aliphatic rings. The molecule has 0 heterocycles. The van der Waals surface area contributed by atoms with Crippen molar-refractivity contribution < 1.29 is 18.0 Å². The van der Waals surface area contributed by atoms with Crippen LogP contribution < -0.4 is 9.62 Å². The molecule has 218 valence electrons. The van der Waals surface area contributed by atoms with Gasteiger partial charge < -0.3 is 10.2 Å². The van der Waals surface area contributed by atoms with Gasteiger partial charge >= 0.3 is 0 Å². The standard InChI is InChI=1S/C31H35Cl2N3O4S/c1-2-29(31(38)34-23-13-6-3-7-14-23)35(21-26-27(32)19-12-20-28(26)33)30(37)22-36(24-15-8-4-9-16-24)41(39,40)25-17-10-5-11-18-25/h4-5,8-12,15-20,23,29H,2-3,6-7,13-14,21-22H2,1H3,(H,34,38)/t29-/m0/s1. The summed E-state index contributed by atoms with van der Waals surface area (Å²) in [7, 11) is -4.11. The van der Waals surface area contributed by atoms with E-state index in [0.717, 1.165) is 36.4 Å². The van der Waals surface area contributed by atoms with Gasteiger partial charge in [0.15, 0.2) is 0 Å². The Labute approximate surface area is 252 Å². The molecule has 0 radical (unpaired) electrons. The first kappa shape index (κ1) is 30.9. The van der Waals surface area contributed by atoms with E-state index in [1.807, 2.05) is 6.92 Å². The van der Waals surface area contributed by atoms with Crippen molar-refractivity contribution in [3.63, 3.8) is 0 Å². The number of sulfonamides is 1. The molecule has 1 N–H and O–H groups in total. The van der Waals surface area contributed by atoms with Gasteiger partial charge in [-0.3, -0.25) is 13.9 Å². The number of para-hydroxylation sites is 1. The van der Waals surface area contributed by atoms with Crippen molar-refractivity contribution in [3.8, 4) is 0 Å². The normalized spacial score (nSPS) is 14.7. The Morgan fingerprint density at radius 1 is 0.878 bits per heavy atom. The van der Waals surface area contributed by atoms with E-state index in [9.17, 15) is 18.0 Å². The van der Waals surface area contributed by atoms with Gasteiger partial charge in [-0.05, 0) is 55.7 Å². The Morgan fingerprint density at radius 3 is 2.05 bits per heavy atom. The molecular formula is C31H35Cl2N3O4S. The number of carbonyl (C=O) groups excluding carboxylic acids is 2. The molecule has 4 rings (SSSR count). The third-order valence-electron chi connectivity index (χ3n) is 7.38. The highest BCUT2D eigenvalue weighted by atomic mass is 35.5. The summed E-state index contributed by atoms with van der Waals surface area (Å²) in [5.41, 5.74) is 0.824. The lowest BCUT2D eigenvalue weighted by Crippen LogP contribution is -2.54. The fourth-order valence-electron chi connectivity index (χ4n) is 5.16. The molecule has 0 spiro atoms. The first-order valence-electron chi connectivity index (χ1n) is 13.9. The van der Waals surface area contributed by atoms with E-state index in [0.29, 0.717) is 27.7 Å². The number of nitrogens with zero attached hydrogens (tertiary/aromatic N) is 2. The molecule has 1 atom stereocenters. The third-order valence-corrected chi connectivity index (χ3v) is 9.88. The van der Waals surface area contributed by atoms with E-state index in [1.165, 1.54) is 17.0 Å². The molecule has 0 bridgehead atoms. The minimum Gasteiger partial charge on any atom is -0.352 e. The lowest BCUT2D eigenvalue weighted by atomic mass is 9.95. The molecular weight excluding hydrogens is 581 g/mol. The van der Waals surface area contributed by atoms with Crippen molar-refractivity contribution in [1.29, 1.82) is 0 Å². The number of hydrogen-bond acceptors (Lipinski definition) is 4. The van der Waals surface area contributed by atoms with Crippen LogP contribution in [0, 0.1) is 0 Å². The third kappa shape index (κ3) is 7.61. The number of amides is 2. The van der Waals surface area contributed by atoms with Crippen LogP contribution in [0.15, 0.2) is 83.8 Å². The topological polar surface area (TPSA) is 86.8 Å². The lowest BCUT2D eigenvalue weighted by Gasteiger charge is -2.34. The average molecular weight is 617 g/mol. The molecule has 1 aliphatic carbocycles. The number of anilines is 1. The number of nitrogens with one attached hydrogen (secondary N) is 1. The number of rotatable bonds is 11. The highest BCUT2D eigenvalue weighted by Crippen LogP contribution is 2.29. The van der Waals surface area contributed by atoms with Gasteiger partial charge in [-0.15, -0.1) is 0 Å². The average Bonchev–Trinajstić information content (AvgIpc) is 2.98. The van der Waals surface area contributed by atoms with Gasteiger partial charge in [-0.2, -0.15) is 0 Å². The van der Waals surface area contributed by atoms with Crippen LogP contribution in [-0.2, 0) is 26.2 Å². The molecule has 1 saturated carbocycles. The zero-order valence-electron chi connectivity index (χ0n) is 23.0. The van der Waals surface area contributed by atoms with E-state index < -0.39 is 28.5 Å². The number of hydrogen-bond donors (Lipinski definition) is 1. The van der Waals surface area contributed by atoms with Crippen molar-refractivity contribution in [3.05, 3.63) is 94.5 Å². The maximum Gasteiger partial charge on any atom is 0.264 e. The van der Waals surface area contributed by atoms with Crippen LogP contribution in [0.2, 0.25) is 10.0 Å². The molecule has 2 amide bonds. The van der Waals surface area contributed by atoms with Gasteiger partial charge in [0.2, 0.25) is 11.8 Å². The van der Waals surface area contributed by atoms with E-state index in [1.54, 1.807) is 66.7 Å². The van der Waals surface area contributed by atoms with Gasteiger partial charge in [0.05, 0.1) is 10.6 Å². The van der Waals surface area contributed by atoms with Crippen LogP contribution >= 0.6 is 23.2 Å². The van der Waals surface area contributed by atoms with Crippen LogP contribution in [0.25, 0.3) is 0 Å². The molecule has 7 nitrogen and oxygen atoms in total. The van der Waals surface area contributed by atoms with Gasteiger partial charge in [0.25, 0.3) is 10.0 Å². The van der Waals surface area contributed by atoms with Crippen LogP contribution in [-0.4, -0.2) is 43.8 Å². The van der Waals surface area contributed by atoms with Crippen molar-refractivity contribution >= 4 is 50.7 Å². The molecule has 3 aromatic carbocycles. The van der Waals surface area contributed by atoms with Crippen molar-refractivity contribution in [1.82, 2.24) is 10.2 Å². The Bertz CT molecular complexity index is 1410. The first-order valence-corrected chi connectivity index (χ1v) is 16.1. The largest absolute Gasteiger partial charge is 0.352 e. The van der Waals surface area contributed by atoms with E-state index in [4.69, 9.17) is 23.2 Å². The van der Waals surface area contributed by atoms with Crippen molar-refractivity contribution in [2.75, 3.05) is 10.8 Å². The van der Waals surface area contributed by atoms with Crippen LogP contribution in [0.4, 0.5) is 5.69 Å². The Morgan fingerprint density at radius 2 is 1.46 bits per heavy atom. The summed E-state index contributed by atoms with van der Waals surface area (Å²) < 4.78 is 28.7. The van der Waals surface area contributed by atoms with E-state index in [-0.39, 0.29) is 23.4 Å². The summed E-state index contributed by atoms with van der Waals surface area (Å²) in [4.78, 5) is 29.3. The summed E-state index contributed by atoms with van der Waals surface area (Å²) in [5.74, 6) is -0.817. The Kier molecular flexibility index (Phi) is 10.7. The summed E-state index contributed by atoms with van der Waals surface area (Å²) in [5, 5.41) is 3.84. The van der Waals surface area contributed by atoms with E-state index in [2.05, 4.69) is 5.32 Å². The molecule has 0 aromatic heterocycles. The van der Waals surface area contributed by atoms with Gasteiger partial charge in [0, 0.05) is 28.2 Å². The predicted octanol–water partition coefficient (Wildman–Crippen LogP) is 6.45. The van der Waals surface area contributed by atoms with Crippen LogP contribution in [0.3, 0.4) is 0 Å². The number of halogens is 2. The predicted molar refractivity (Wildman–Crippen MR) is 164 cm³/mol. The summed E-state index contributed by atoms with van der Waals surface area (Å²) in [6.07, 6.45) is 5.34. The van der Waals surface area contributed by atoms with Crippen LogP contribution in [0.5, 0.6) is 0 Å². The summed E-state index contributed by atoms with van der Waals surface area (Å²) in [6, 6.07) is 20.7. The Hall–Kier alpha value is -3.07. The van der Waals surface area contributed by atoms with Crippen LogP contribution in [0.1, 0.15) is 51.0 Å². The molecule has 0 saturated heterocycles. The minimum atomic E-state index is -4.11. The zero-order chi connectivity index (χ0) is 29.4. The number of benzene rings is 3. The highest BCUT2D eigenvalue weighted by molar-refractivity contribution is 7.92. The van der Waals surface area contributed by atoms with Gasteiger partial charge in [-0.1, -0.05) is 91.9 Å². The highest BCUT2D eigenvalue weighted by Gasteiger charge is 2.35. The van der Waals surface area contributed by atoms with Crippen molar-refractivity contribution in [2.45, 2.75) is 69.0 Å². The molecule has 3 aromatic rings. The minimum absolute atomic E-state index is 0.0467. The molecule has 41 heavy (non-hydrogen) atoms. The molecule has 10 heteroatoms. The fourth-order valence-corrected chi connectivity index (χ4v) is 7.11. The number of carbonyl (C=O) groups is 2. The van der Waals surface area contributed by atoms with Crippen molar-refractivity contribution in [2.24, 2.45) is 0 Å². The lowest BCUT2D eigenvalue weighted by molar-refractivity contribution is -0.140. The fraction of sp³-hybridized carbons (Fsp3) is 0.355.